The maximum Gasteiger partial charge on any atom is 0.326 e. The number of ether oxygens (including phenoxy) is 2. The number of hydrogen-bond donors (Lipinski definition) is 0. The second-order valence-corrected chi connectivity index (χ2v) is 6.23. The molecular formula is C14H15BrO4. The summed E-state index contributed by atoms with van der Waals surface area (Å²) >= 11 is 3.34. The lowest BCUT2D eigenvalue weighted by atomic mass is 9.83. The van der Waals surface area contributed by atoms with Gasteiger partial charge >= 0.3 is 11.9 Å². The average Bonchev–Trinajstić information content (AvgIpc) is 2.29. The van der Waals surface area contributed by atoms with Crippen LogP contribution in [-0.4, -0.2) is 17.7 Å². The van der Waals surface area contributed by atoms with Gasteiger partial charge in [0.05, 0.1) is 0 Å². The number of benzene rings is 1. The van der Waals surface area contributed by atoms with E-state index in [1.165, 1.54) is 0 Å². The zero-order chi connectivity index (χ0) is 14.3. The Morgan fingerprint density at radius 2 is 1.47 bits per heavy atom. The lowest BCUT2D eigenvalue weighted by molar-refractivity contribution is -0.249. The standard InChI is InChI=1S/C14H15BrO4/c1-13(2)18-11(16)14(3,12(17)19-13)8-9-4-6-10(15)7-5-9/h4-7H,8H2,1-3H3. The summed E-state index contributed by atoms with van der Waals surface area (Å²) in [4.78, 5) is 24.2. The molecule has 0 unspecified atom stereocenters. The molecule has 0 N–H and O–H groups in total. The van der Waals surface area contributed by atoms with E-state index in [2.05, 4.69) is 15.9 Å². The highest BCUT2D eigenvalue weighted by Gasteiger charge is 2.52. The van der Waals surface area contributed by atoms with Gasteiger partial charge in [0.15, 0.2) is 5.41 Å². The molecule has 2 rings (SSSR count). The third kappa shape index (κ3) is 2.81. The number of carbonyl (C=O) groups excluding carboxylic acids is 2. The first-order valence-electron chi connectivity index (χ1n) is 5.94. The van der Waals surface area contributed by atoms with E-state index in [0.717, 1.165) is 10.0 Å². The molecule has 1 aliphatic rings. The van der Waals surface area contributed by atoms with Crippen molar-refractivity contribution < 1.29 is 19.1 Å². The first-order chi connectivity index (χ1) is 8.73. The summed E-state index contributed by atoms with van der Waals surface area (Å²) in [6, 6.07) is 7.44. The molecule has 1 aliphatic heterocycles. The third-order valence-corrected chi connectivity index (χ3v) is 3.58. The Morgan fingerprint density at radius 1 is 1.00 bits per heavy atom. The van der Waals surface area contributed by atoms with Crippen molar-refractivity contribution in [1.29, 1.82) is 0 Å². The van der Waals surface area contributed by atoms with E-state index < -0.39 is 23.1 Å². The highest BCUT2D eigenvalue weighted by Crippen LogP contribution is 2.35. The zero-order valence-corrected chi connectivity index (χ0v) is 12.6. The van der Waals surface area contributed by atoms with Gasteiger partial charge in [-0.1, -0.05) is 28.1 Å². The van der Waals surface area contributed by atoms with E-state index in [-0.39, 0.29) is 6.42 Å². The summed E-state index contributed by atoms with van der Waals surface area (Å²) < 4.78 is 11.3. The van der Waals surface area contributed by atoms with Crippen molar-refractivity contribution in [3.63, 3.8) is 0 Å². The molecule has 4 nitrogen and oxygen atoms in total. The molecule has 1 fully saturated rings. The minimum atomic E-state index is -1.29. The van der Waals surface area contributed by atoms with E-state index >= 15 is 0 Å². The predicted octanol–water partition coefficient (Wildman–Crippen LogP) is 2.83. The van der Waals surface area contributed by atoms with Gasteiger partial charge in [0, 0.05) is 18.3 Å². The van der Waals surface area contributed by atoms with Gasteiger partial charge in [-0.3, -0.25) is 9.59 Å². The number of rotatable bonds is 2. The lowest BCUT2D eigenvalue weighted by Gasteiger charge is -2.38. The van der Waals surface area contributed by atoms with Crippen LogP contribution in [0.2, 0.25) is 0 Å². The Balaban J connectivity index is 2.25. The Morgan fingerprint density at radius 3 is 1.95 bits per heavy atom. The summed E-state index contributed by atoms with van der Waals surface area (Å²) in [5.74, 6) is -2.28. The number of halogens is 1. The summed E-state index contributed by atoms with van der Waals surface area (Å²) in [6.07, 6.45) is 0.258. The fourth-order valence-corrected chi connectivity index (χ4v) is 2.20. The molecule has 0 aromatic heterocycles. The van der Waals surface area contributed by atoms with Crippen molar-refractivity contribution in [2.45, 2.75) is 33.0 Å². The van der Waals surface area contributed by atoms with Crippen molar-refractivity contribution >= 4 is 27.9 Å². The maximum absolute atomic E-state index is 12.1. The highest BCUT2D eigenvalue weighted by molar-refractivity contribution is 9.10. The van der Waals surface area contributed by atoms with Gasteiger partial charge in [0.25, 0.3) is 5.79 Å². The first-order valence-corrected chi connectivity index (χ1v) is 6.74. The van der Waals surface area contributed by atoms with Crippen LogP contribution in [-0.2, 0) is 25.5 Å². The number of hydrogen-bond acceptors (Lipinski definition) is 4. The molecule has 1 heterocycles. The molecule has 5 heteroatoms. The Bertz CT molecular complexity index is 499. The molecule has 0 radical (unpaired) electrons. The van der Waals surface area contributed by atoms with Crippen LogP contribution in [0.3, 0.4) is 0 Å². The van der Waals surface area contributed by atoms with Crippen molar-refractivity contribution in [3.8, 4) is 0 Å². The van der Waals surface area contributed by atoms with Crippen LogP contribution in [0, 0.1) is 5.41 Å². The molecular weight excluding hydrogens is 312 g/mol. The summed E-state index contributed by atoms with van der Waals surface area (Å²) in [7, 11) is 0. The smallest absolute Gasteiger partial charge is 0.326 e. The van der Waals surface area contributed by atoms with Crippen LogP contribution in [0.25, 0.3) is 0 Å². The van der Waals surface area contributed by atoms with Crippen molar-refractivity contribution in [1.82, 2.24) is 0 Å². The summed E-state index contributed by atoms with van der Waals surface area (Å²) in [5.41, 5.74) is -0.414. The average molecular weight is 327 g/mol. The van der Waals surface area contributed by atoms with Gasteiger partial charge in [0.2, 0.25) is 0 Å². The van der Waals surface area contributed by atoms with Crippen LogP contribution < -0.4 is 0 Å². The molecule has 0 saturated carbocycles. The van der Waals surface area contributed by atoms with Crippen molar-refractivity contribution in [2.24, 2.45) is 5.41 Å². The topological polar surface area (TPSA) is 52.6 Å². The van der Waals surface area contributed by atoms with E-state index in [1.54, 1.807) is 20.8 Å². The minimum Gasteiger partial charge on any atom is -0.422 e. The molecule has 0 atom stereocenters. The molecule has 0 aliphatic carbocycles. The van der Waals surface area contributed by atoms with Crippen molar-refractivity contribution in [2.75, 3.05) is 0 Å². The van der Waals surface area contributed by atoms with Gasteiger partial charge in [-0.05, 0) is 31.0 Å². The maximum atomic E-state index is 12.1. The Hall–Kier alpha value is -1.36. The van der Waals surface area contributed by atoms with Crippen LogP contribution in [0.5, 0.6) is 0 Å². The van der Waals surface area contributed by atoms with Gasteiger partial charge in [-0.2, -0.15) is 0 Å². The second-order valence-electron chi connectivity index (χ2n) is 5.31. The van der Waals surface area contributed by atoms with E-state index in [0.29, 0.717) is 0 Å². The van der Waals surface area contributed by atoms with Gasteiger partial charge in [0.1, 0.15) is 0 Å². The fourth-order valence-electron chi connectivity index (χ4n) is 1.93. The Labute approximate surface area is 120 Å². The molecule has 19 heavy (non-hydrogen) atoms. The van der Waals surface area contributed by atoms with E-state index in [4.69, 9.17) is 9.47 Å². The predicted molar refractivity (Wildman–Crippen MR) is 72.2 cm³/mol. The summed E-state index contributed by atoms with van der Waals surface area (Å²) in [6.45, 7) is 4.64. The van der Waals surface area contributed by atoms with Crippen LogP contribution >= 0.6 is 15.9 Å². The zero-order valence-electron chi connectivity index (χ0n) is 11.0. The van der Waals surface area contributed by atoms with Crippen LogP contribution in [0.1, 0.15) is 26.3 Å². The number of carbonyl (C=O) groups is 2. The molecule has 0 spiro atoms. The van der Waals surface area contributed by atoms with E-state index in [1.807, 2.05) is 24.3 Å². The number of cyclic esters (lactones) is 2. The largest absolute Gasteiger partial charge is 0.422 e. The van der Waals surface area contributed by atoms with Crippen LogP contribution in [0.4, 0.5) is 0 Å². The second kappa shape index (κ2) is 4.63. The monoisotopic (exact) mass is 326 g/mol. The fraction of sp³-hybridized carbons (Fsp3) is 0.429. The molecule has 0 amide bonds. The SMILES string of the molecule is CC1(C)OC(=O)C(C)(Cc2ccc(Br)cc2)C(=O)O1. The first kappa shape index (κ1) is 14.1. The highest BCUT2D eigenvalue weighted by atomic mass is 79.9. The minimum absolute atomic E-state index is 0.258. The summed E-state index contributed by atoms with van der Waals surface area (Å²) in [5, 5.41) is 0. The van der Waals surface area contributed by atoms with Gasteiger partial charge in [-0.25, -0.2) is 0 Å². The normalized spacial score (nSPS) is 20.6. The number of esters is 2. The Kier molecular flexibility index (Phi) is 3.43. The molecule has 1 aromatic rings. The van der Waals surface area contributed by atoms with Crippen LogP contribution in [0.15, 0.2) is 28.7 Å². The van der Waals surface area contributed by atoms with E-state index in [9.17, 15) is 9.59 Å². The van der Waals surface area contributed by atoms with Gasteiger partial charge in [-0.15, -0.1) is 0 Å². The molecule has 1 aromatic carbocycles. The third-order valence-electron chi connectivity index (χ3n) is 3.05. The quantitative estimate of drug-likeness (QED) is 0.619. The lowest BCUT2D eigenvalue weighted by Crippen LogP contribution is -2.53. The van der Waals surface area contributed by atoms with Gasteiger partial charge < -0.3 is 9.47 Å². The molecule has 102 valence electrons. The molecule has 0 bridgehead atoms. The van der Waals surface area contributed by atoms with Crippen molar-refractivity contribution in [3.05, 3.63) is 34.3 Å². The molecule has 1 saturated heterocycles.